The summed E-state index contributed by atoms with van der Waals surface area (Å²) in [5, 5.41) is 9.36. The molecule has 0 amide bonds. The number of carboxylic acids is 1. The molecule has 2 aromatic rings. The molecule has 2 aromatic carbocycles. The molecule has 1 aliphatic rings. The lowest BCUT2D eigenvalue weighted by Gasteiger charge is -2.40. The molecule has 0 heterocycles. The number of carbonyl (C=O) groups is 1. The first kappa shape index (κ1) is 21.8. The van der Waals surface area contributed by atoms with Gasteiger partial charge in [0.05, 0.1) is 4.90 Å². The fraction of sp³-hybridized carbons (Fsp3) is 0.409. The van der Waals surface area contributed by atoms with Crippen molar-refractivity contribution in [3.8, 4) is 0 Å². The molecular formula is C22H24ClFO4S. The SMILES string of the molecule is Cc1ccc(F)c(C2(S(=O)(=O)c3ccc(Cl)cc3)CCC(CCC(=O)O)CC2)c1. The Hall–Kier alpha value is -1.92. The topological polar surface area (TPSA) is 71.4 Å². The zero-order valence-electron chi connectivity index (χ0n) is 16.2. The Balaban J connectivity index is 2.05. The number of rotatable bonds is 6. The lowest BCUT2D eigenvalue weighted by molar-refractivity contribution is -0.137. The Bertz CT molecular complexity index is 994. The van der Waals surface area contributed by atoms with Gasteiger partial charge >= 0.3 is 5.97 Å². The molecule has 1 aliphatic carbocycles. The second-order valence-electron chi connectivity index (χ2n) is 7.81. The fourth-order valence-corrected chi connectivity index (χ4v) is 6.56. The molecule has 0 saturated heterocycles. The van der Waals surface area contributed by atoms with Crippen LogP contribution in [0.4, 0.5) is 4.39 Å². The van der Waals surface area contributed by atoms with Crippen LogP contribution in [0.15, 0.2) is 47.4 Å². The van der Waals surface area contributed by atoms with Crippen LogP contribution in [0.25, 0.3) is 0 Å². The Labute approximate surface area is 175 Å². The Morgan fingerprint density at radius 2 is 1.79 bits per heavy atom. The lowest BCUT2D eigenvalue weighted by atomic mass is 9.76. The zero-order valence-corrected chi connectivity index (χ0v) is 17.8. The average Bonchev–Trinajstić information content (AvgIpc) is 2.69. The maximum atomic E-state index is 14.9. The third-order valence-corrected chi connectivity index (χ3v) is 8.73. The van der Waals surface area contributed by atoms with E-state index in [1.807, 2.05) is 6.92 Å². The van der Waals surface area contributed by atoms with Crippen molar-refractivity contribution in [2.45, 2.75) is 55.1 Å². The van der Waals surface area contributed by atoms with Crippen molar-refractivity contribution in [1.82, 2.24) is 0 Å². The quantitative estimate of drug-likeness (QED) is 0.645. The Kier molecular flexibility index (Phi) is 6.34. The van der Waals surface area contributed by atoms with Crippen LogP contribution >= 0.6 is 11.6 Å². The van der Waals surface area contributed by atoms with E-state index in [-0.39, 0.29) is 35.6 Å². The minimum Gasteiger partial charge on any atom is -0.481 e. The Morgan fingerprint density at radius 3 is 2.38 bits per heavy atom. The van der Waals surface area contributed by atoms with Gasteiger partial charge in [-0.3, -0.25) is 4.79 Å². The van der Waals surface area contributed by atoms with Gasteiger partial charge in [0.1, 0.15) is 10.6 Å². The molecule has 156 valence electrons. The van der Waals surface area contributed by atoms with Crippen molar-refractivity contribution in [2.24, 2.45) is 5.92 Å². The number of carboxylic acid groups (broad SMARTS) is 1. The molecule has 3 rings (SSSR count). The molecule has 1 fully saturated rings. The molecule has 0 radical (unpaired) electrons. The van der Waals surface area contributed by atoms with Crippen LogP contribution in [-0.4, -0.2) is 19.5 Å². The van der Waals surface area contributed by atoms with E-state index >= 15 is 0 Å². The molecule has 0 unspecified atom stereocenters. The molecule has 1 N–H and O–H groups in total. The van der Waals surface area contributed by atoms with Crippen molar-refractivity contribution < 1.29 is 22.7 Å². The van der Waals surface area contributed by atoms with Crippen LogP contribution < -0.4 is 0 Å². The summed E-state index contributed by atoms with van der Waals surface area (Å²) < 4.78 is 41.0. The standard InChI is InChI=1S/C22H24ClFO4S/c1-15-2-8-20(24)19(14-15)22(12-10-16(11-13-22)3-9-21(25)26)29(27,28)18-6-4-17(23)5-7-18/h2,4-8,14,16H,3,9-13H2,1H3,(H,25,26). The monoisotopic (exact) mass is 438 g/mol. The number of sulfone groups is 1. The molecule has 29 heavy (non-hydrogen) atoms. The van der Waals surface area contributed by atoms with Crippen LogP contribution in [-0.2, 0) is 19.4 Å². The minimum atomic E-state index is -3.90. The predicted octanol–water partition coefficient (Wildman–Crippen LogP) is 5.51. The van der Waals surface area contributed by atoms with Gasteiger partial charge in [0.25, 0.3) is 0 Å². The van der Waals surface area contributed by atoms with Gasteiger partial charge in [0.15, 0.2) is 9.84 Å². The first-order chi connectivity index (χ1) is 13.7. The molecule has 7 heteroatoms. The van der Waals surface area contributed by atoms with Crippen LogP contribution in [0.3, 0.4) is 0 Å². The number of aryl methyl sites for hydroxylation is 1. The summed E-state index contributed by atoms with van der Waals surface area (Å²) in [7, 11) is -3.90. The van der Waals surface area contributed by atoms with Gasteiger partial charge in [-0.1, -0.05) is 29.3 Å². The summed E-state index contributed by atoms with van der Waals surface area (Å²) in [5.74, 6) is -1.27. The van der Waals surface area contributed by atoms with Crippen molar-refractivity contribution >= 4 is 27.4 Å². The van der Waals surface area contributed by atoms with Gasteiger partial charge in [-0.15, -0.1) is 0 Å². The van der Waals surface area contributed by atoms with Gasteiger partial charge in [-0.25, -0.2) is 12.8 Å². The number of benzene rings is 2. The molecule has 4 nitrogen and oxygen atoms in total. The normalized spacial score (nSPS) is 22.4. The van der Waals surface area contributed by atoms with E-state index in [1.54, 1.807) is 12.1 Å². The molecule has 1 saturated carbocycles. The van der Waals surface area contributed by atoms with Crippen molar-refractivity contribution in [2.75, 3.05) is 0 Å². The minimum absolute atomic E-state index is 0.0560. The van der Waals surface area contributed by atoms with Gasteiger partial charge in [-0.05, 0) is 75.3 Å². The van der Waals surface area contributed by atoms with Crippen molar-refractivity contribution in [3.63, 3.8) is 0 Å². The highest BCUT2D eigenvalue weighted by Gasteiger charge is 2.49. The highest BCUT2D eigenvalue weighted by molar-refractivity contribution is 7.92. The van der Waals surface area contributed by atoms with E-state index in [0.29, 0.717) is 24.3 Å². The largest absolute Gasteiger partial charge is 0.481 e. The number of hydrogen-bond donors (Lipinski definition) is 1. The second kappa shape index (κ2) is 8.44. The predicted molar refractivity (Wildman–Crippen MR) is 110 cm³/mol. The highest BCUT2D eigenvalue weighted by atomic mass is 35.5. The first-order valence-electron chi connectivity index (χ1n) is 9.64. The second-order valence-corrected chi connectivity index (χ2v) is 10.5. The molecule has 0 bridgehead atoms. The summed E-state index contributed by atoms with van der Waals surface area (Å²) in [6.07, 6.45) is 2.13. The van der Waals surface area contributed by atoms with Crippen LogP contribution in [0.2, 0.25) is 5.02 Å². The first-order valence-corrected chi connectivity index (χ1v) is 11.5. The maximum absolute atomic E-state index is 14.9. The van der Waals surface area contributed by atoms with E-state index in [9.17, 15) is 17.6 Å². The Morgan fingerprint density at radius 1 is 1.17 bits per heavy atom. The van der Waals surface area contributed by atoms with E-state index in [0.717, 1.165) is 5.56 Å². The van der Waals surface area contributed by atoms with E-state index in [4.69, 9.17) is 16.7 Å². The molecule has 0 aromatic heterocycles. The highest BCUT2D eigenvalue weighted by Crippen LogP contribution is 2.50. The van der Waals surface area contributed by atoms with Crippen LogP contribution in [0, 0.1) is 18.7 Å². The smallest absolute Gasteiger partial charge is 0.303 e. The molecule has 0 spiro atoms. The van der Waals surface area contributed by atoms with Crippen LogP contribution in [0.1, 0.15) is 49.7 Å². The van der Waals surface area contributed by atoms with Gasteiger partial charge in [-0.2, -0.15) is 0 Å². The number of aliphatic carboxylic acids is 1. The van der Waals surface area contributed by atoms with Gasteiger partial charge in [0.2, 0.25) is 0 Å². The van der Waals surface area contributed by atoms with Gasteiger partial charge in [0, 0.05) is 17.0 Å². The molecule has 0 atom stereocenters. The number of hydrogen-bond acceptors (Lipinski definition) is 3. The van der Waals surface area contributed by atoms with Crippen molar-refractivity contribution in [3.05, 3.63) is 64.4 Å². The summed E-state index contributed by atoms with van der Waals surface area (Å²) in [5.41, 5.74) is 0.990. The van der Waals surface area contributed by atoms with Crippen LogP contribution in [0.5, 0.6) is 0 Å². The average molecular weight is 439 g/mol. The summed E-state index contributed by atoms with van der Waals surface area (Å²) in [6, 6.07) is 10.5. The third-order valence-electron chi connectivity index (χ3n) is 5.93. The summed E-state index contributed by atoms with van der Waals surface area (Å²) in [4.78, 5) is 11.0. The summed E-state index contributed by atoms with van der Waals surface area (Å²) >= 11 is 5.92. The van der Waals surface area contributed by atoms with E-state index in [1.165, 1.54) is 30.3 Å². The fourth-order valence-electron chi connectivity index (χ4n) is 4.27. The zero-order chi connectivity index (χ0) is 21.2. The number of halogens is 2. The van der Waals surface area contributed by atoms with Gasteiger partial charge < -0.3 is 5.11 Å². The molecular weight excluding hydrogens is 415 g/mol. The van der Waals surface area contributed by atoms with E-state index in [2.05, 4.69) is 0 Å². The van der Waals surface area contributed by atoms with Crippen molar-refractivity contribution in [1.29, 1.82) is 0 Å². The van der Waals surface area contributed by atoms with E-state index < -0.39 is 26.4 Å². The molecule has 0 aliphatic heterocycles. The summed E-state index contributed by atoms with van der Waals surface area (Å²) in [6.45, 7) is 1.81. The maximum Gasteiger partial charge on any atom is 0.303 e. The lowest BCUT2D eigenvalue weighted by Crippen LogP contribution is -2.40. The third kappa shape index (κ3) is 4.33.